The summed E-state index contributed by atoms with van der Waals surface area (Å²) in [5.74, 6) is 0.373. The fourth-order valence-electron chi connectivity index (χ4n) is 2.33. The standard InChI is InChI=1S/C15H20N2O/c1-3-7-12(18)8-6-10-14-13-9-4-5-11-15(13)17(2)16-14/h4-5,9,11H,3,6-8,10H2,1-2H3. The largest absolute Gasteiger partial charge is 0.300 e. The molecule has 2 rings (SSSR count). The lowest BCUT2D eigenvalue weighted by Gasteiger charge is -1.98. The fraction of sp³-hybridized carbons (Fsp3) is 0.467. The van der Waals surface area contributed by atoms with E-state index in [1.807, 2.05) is 30.8 Å². The van der Waals surface area contributed by atoms with Crippen molar-refractivity contribution in [1.82, 2.24) is 9.78 Å². The second-order valence-corrected chi connectivity index (χ2v) is 4.73. The molecule has 0 unspecified atom stereocenters. The van der Waals surface area contributed by atoms with Crippen LogP contribution in [0.25, 0.3) is 10.9 Å². The molecule has 96 valence electrons. The summed E-state index contributed by atoms with van der Waals surface area (Å²) in [4.78, 5) is 11.5. The van der Waals surface area contributed by atoms with Gasteiger partial charge in [-0.1, -0.05) is 25.1 Å². The van der Waals surface area contributed by atoms with E-state index in [1.165, 1.54) is 5.39 Å². The van der Waals surface area contributed by atoms with Crippen LogP contribution in [-0.4, -0.2) is 15.6 Å². The maximum atomic E-state index is 11.5. The van der Waals surface area contributed by atoms with E-state index in [1.54, 1.807) is 0 Å². The Hall–Kier alpha value is -1.64. The second-order valence-electron chi connectivity index (χ2n) is 4.73. The maximum absolute atomic E-state index is 11.5. The molecule has 0 aliphatic carbocycles. The van der Waals surface area contributed by atoms with Gasteiger partial charge >= 0.3 is 0 Å². The number of aryl methyl sites for hydroxylation is 2. The third kappa shape index (κ3) is 2.78. The van der Waals surface area contributed by atoms with Crippen LogP contribution in [0.4, 0.5) is 0 Å². The highest BCUT2D eigenvalue weighted by molar-refractivity contribution is 5.82. The van der Waals surface area contributed by atoms with Gasteiger partial charge in [-0.15, -0.1) is 0 Å². The van der Waals surface area contributed by atoms with Crippen LogP contribution in [0.5, 0.6) is 0 Å². The van der Waals surface area contributed by atoms with Crippen LogP contribution in [0.2, 0.25) is 0 Å². The van der Waals surface area contributed by atoms with Crippen molar-refractivity contribution >= 4 is 16.7 Å². The lowest BCUT2D eigenvalue weighted by molar-refractivity contribution is -0.119. The molecule has 0 saturated heterocycles. The van der Waals surface area contributed by atoms with Crippen LogP contribution >= 0.6 is 0 Å². The summed E-state index contributed by atoms with van der Waals surface area (Å²) in [5, 5.41) is 5.75. The van der Waals surface area contributed by atoms with E-state index in [4.69, 9.17) is 0 Å². The number of benzene rings is 1. The minimum atomic E-state index is 0.373. The topological polar surface area (TPSA) is 34.9 Å². The first-order valence-electron chi connectivity index (χ1n) is 6.64. The Bertz CT molecular complexity index is 542. The molecule has 0 spiro atoms. The van der Waals surface area contributed by atoms with Crippen LogP contribution in [0.15, 0.2) is 24.3 Å². The van der Waals surface area contributed by atoms with E-state index in [2.05, 4.69) is 17.2 Å². The van der Waals surface area contributed by atoms with Crippen molar-refractivity contribution in [2.75, 3.05) is 0 Å². The first-order valence-corrected chi connectivity index (χ1v) is 6.64. The van der Waals surface area contributed by atoms with Crippen molar-refractivity contribution in [2.24, 2.45) is 7.05 Å². The van der Waals surface area contributed by atoms with Gasteiger partial charge in [0.1, 0.15) is 5.78 Å². The number of ketones is 1. The van der Waals surface area contributed by atoms with Gasteiger partial charge in [0, 0.05) is 25.3 Å². The first kappa shape index (κ1) is 12.8. The Morgan fingerprint density at radius 3 is 2.83 bits per heavy atom. The minimum absolute atomic E-state index is 0.373. The summed E-state index contributed by atoms with van der Waals surface area (Å²) >= 11 is 0. The molecule has 1 aromatic heterocycles. The van der Waals surface area contributed by atoms with Gasteiger partial charge in [0.05, 0.1) is 11.2 Å². The highest BCUT2D eigenvalue weighted by atomic mass is 16.1. The van der Waals surface area contributed by atoms with Gasteiger partial charge in [-0.2, -0.15) is 5.10 Å². The monoisotopic (exact) mass is 244 g/mol. The number of carbonyl (C=O) groups is 1. The quantitative estimate of drug-likeness (QED) is 0.781. The molecule has 0 radical (unpaired) electrons. The van der Waals surface area contributed by atoms with Gasteiger partial charge < -0.3 is 0 Å². The van der Waals surface area contributed by atoms with E-state index in [-0.39, 0.29) is 0 Å². The summed E-state index contributed by atoms with van der Waals surface area (Å²) in [7, 11) is 1.97. The van der Waals surface area contributed by atoms with Gasteiger partial charge in [0.2, 0.25) is 0 Å². The summed E-state index contributed by atoms with van der Waals surface area (Å²) in [6.07, 6.45) is 4.13. The molecule has 3 nitrogen and oxygen atoms in total. The third-order valence-corrected chi connectivity index (χ3v) is 3.23. The predicted octanol–water partition coefficient (Wildman–Crippen LogP) is 3.27. The molecular weight excluding hydrogens is 224 g/mol. The minimum Gasteiger partial charge on any atom is -0.300 e. The number of nitrogens with zero attached hydrogens (tertiary/aromatic N) is 2. The number of para-hydroxylation sites is 1. The number of hydrogen-bond acceptors (Lipinski definition) is 2. The SMILES string of the molecule is CCCC(=O)CCCc1nn(C)c2ccccc12. The lowest BCUT2D eigenvalue weighted by atomic mass is 10.1. The normalized spacial score (nSPS) is 11.0. The first-order chi connectivity index (χ1) is 8.72. The van der Waals surface area contributed by atoms with Crippen molar-refractivity contribution < 1.29 is 4.79 Å². The summed E-state index contributed by atoms with van der Waals surface area (Å²) in [6.45, 7) is 2.05. The number of aromatic nitrogens is 2. The van der Waals surface area contributed by atoms with Gasteiger partial charge in [-0.3, -0.25) is 9.48 Å². The summed E-state index contributed by atoms with van der Waals surface area (Å²) < 4.78 is 1.92. The van der Waals surface area contributed by atoms with E-state index in [0.717, 1.165) is 30.5 Å². The number of carbonyl (C=O) groups excluding carboxylic acids is 1. The van der Waals surface area contributed by atoms with Crippen molar-refractivity contribution in [3.8, 4) is 0 Å². The van der Waals surface area contributed by atoms with Crippen LogP contribution < -0.4 is 0 Å². The Morgan fingerprint density at radius 2 is 2.06 bits per heavy atom. The van der Waals surface area contributed by atoms with Crippen molar-refractivity contribution in [3.05, 3.63) is 30.0 Å². The Kier molecular flexibility index (Phi) is 4.13. The molecule has 0 aliphatic rings. The Morgan fingerprint density at radius 1 is 1.28 bits per heavy atom. The van der Waals surface area contributed by atoms with Crippen LogP contribution in [0, 0.1) is 0 Å². The zero-order valence-corrected chi connectivity index (χ0v) is 11.1. The number of Topliss-reactive ketones (excluding diaryl/α,β-unsaturated/α-hetero) is 1. The van der Waals surface area contributed by atoms with Crippen LogP contribution in [-0.2, 0) is 18.3 Å². The molecule has 0 fully saturated rings. The molecule has 18 heavy (non-hydrogen) atoms. The summed E-state index contributed by atoms with van der Waals surface area (Å²) in [5.41, 5.74) is 2.27. The van der Waals surface area contributed by atoms with Gasteiger partial charge in [0.25, 0.3) is 0 Å². The van der Waals surface area contributed by atoms with Crippen molar-refractivity contribution in [3.63, 3.8) is 0 Å². The molecule has 0 amide bonds. The van der Waals surface area contributed by atoms with Gasteiger partial charge in [0.15, 0.2) is 0 Å². The molecule has 1 heterocycles. The predicted molar refractivity (Wildman–Crippen MR) is 73.6 cm³/mol. The maximum Gasteiger partial charge on any atom is 0.132 e. The van der Waals surface area contributed by atoms with Crippen LogP contribution in [0.1, 0.15) is 38.3 Å². The lowest BCUT2D eigenvalue weighted by Crippen LogP contribution is -1.98. The number of hydrogen-bond donors (Lipinski definition) is 0. The fourth-order valence-corrected chi connectivity index (χ4v) is 2.33. The molecule has 1 aromatic carbocycles. The van der Waals surface area contributed by atoms with E-state index >= 15 is 0 Å². The van der Waals surface area contributed by atoms with Crippen molar-refractivity contribution in [1.29, 1.82) is 0 Å². The number of rotatable bonds is 6. The average Bonchev–Trinajstić information content (AvgIpc) is 2.68. The van der Waals surface area contributed by atoms with Crippen molar-refractivity contribution in [2.45, 2.75) is 39.0 Å². The Balaban J connectivity index is 2.02. The molecule has 0 N–H and O–H groups in total. The molecule has 2 aromatic rings. The molecule has 0 saturated carbocycles. The molecule has 0 aliphatic heterocycles. The zero-order chi connectivity index (χ0) is 13.0. The number of fused-ring (bicyclic) bond motifs is 1. The summed E-state index contributed by atoms with van der Waals surface area (Å²) in [6, 6.07) is 8.24. The highest BCUT2D eigenvalue weighted by Gasteiger charge is 2.08. The van der Waals surface area contributed by atoms with Gasteiger partial charge in [-0.25, -0.2) is 0 Å². The highest BCUT2D eigenvalue weighted by Crippen LogP contribution is 2.19. The molecule has 0 atom stereocenters. The smallest absolute Gasteiger partial charge is 0.132 e. The van der Waals surface area contributed by atoms with E-state index in [9.17, 15) is 4.79 Å². The van der Waals surface area contributed by atoms with E-state index in [0.29, 0.717) is 18.6 Å². The van der Waals surface area contributed by atoms with Gasteiger partial charge in [-0.05, 0) is 25.3 Å². The second kappa shape index (κ2) is 5.80. The van der Waals surface area contributed by atoms with Crippen LogP contribution in [0.3, 0.4) is 0 Å². The molecule has 3 heteroatoms. The zero-order valence-electron chi connectivity index (χ0n) is 11.1. The third-order valence-electron chi connectivity index (χ3n) is 3.23. The average molecular weight is 244 g/mol. The molecule has 0 bridgehead atoms. The van der Waals surface area contributed by atoms with E-state index < -0.39 is 0 Å². The Labute approximate surface area is 108 Å². The molecular formula is C15H20N2O.